The van der Waals surface area contributed by atoms with E-state index in [-0.39, 0.29) is 0 Å². The van der Waals surface area contributed by atoms with Gasteiger partial charge in [0.2, 0.25) is 0 Å². The molecule has 0 aromatic carbocycles. The van der Waals surface area contributed by atoms with Crippen LogP contribution in [-0.4, -0.2) is 24.0 Å². The third-order valence-corrected chi connectivity index (χ3v) is 0.417. The van der Waals surface area contributed by atoms with Gasteiger partial charge >= 0.3 is 0 Å². The van der Waals surface area contributed by atoms with Gasteiger partial charge in [-0.25, -0.2) is 0 Å². The fourth-order valence-corrected chi connectivity index (χ4v) is 0.122. The summed E-state index contributed by atoms with van der Waals surface area (Å²) in [5, 5.41) is 10.2. The average Bonchev–Trinajstić information content (AvgIpc) is 1.68. The number of ketones is 1. The first-order valence-electron chi connectivity index (χ1n) is 1.73. The van der Waals surface area contributed by atoms with Crippen LogP contribution < -0.4 is 0 Å². The van der Waals surface area contributed by atoms with Crippen molar-refractivity contribution in [1.82, 2.24) is 0 Å². The molecule has 0 amide bonds. The van der Waals surface area contributed by atoms with Crippen LogP contribution >= 0.6 is 0 Å². The number of nitroso groups, excluding NO2 is 1. The highest BCUT2D eigenvalue weighted by Gasteiger charge is 1.94. The normalized spacial score (nSPS) is 8.14. The Morgan fingerprint density at radius 1 is 1.71 bits per heavy atom. The second kappa shape index (κ2) is 3.42. The zero-order valence-electron chi connectivity index (χ0n) is 3.63. The third-order valence-electron chi connectivity index (χ3n) is 0.417. The van der Waals surface area contributed by atoms with Crippen LogP contribution in [0.15, 0.2) is 5.18 Å². The molecular weight excluding hydrogens is 98.0 g/mol. The molecule has 0 heterocycles. The van der Waals surface area contributed by atoms with Gasteiger partial charge in [-0.1, -0.05) is 5.18 Å². The number of hydrogen-bond acceptors (Lipinski definition) is 4. The van der Waals surface area contributed by atoms with Crippen molar-refractivity contribution in [3.8, 4) is 0 Å². The molecule has 0 saturated carbocycles. The summed E-state index contributed by atoms with van der Waals surface area (Å²) >= 11 is 0. The van der Waals surface area contributed by atoms with Crippen LogP contribution in [-0.2, 0) is 4.79 Å². The van der Waals surface area contributed by atoms with Gasteiger partial charge in [-0.15, -0.1) is 0 Å². The minimum atomic E-state index is -0.592. The Morgan fingerprint density at radius 3 is 2.43 bits per heavy atom. The molecule has 0 saturated heterocycles. The van der Waals surface area contributed by atoms with E-state index in [0.717, 1.165) is 0 Å². The standard InChI is InChI=1S/C3H5NO3/c5-2-3(6)1-4-7/h5H,1-2H2. The molecule has 0 radical (unpaired) electrons. The van der Waals surface area contributed by atoms with Crippen molar-refractivity contribution in [3.05, 3.63) is 4.91 Å². The topological polar surface area (TPSA) is 66.7 Å². The molecule has 1 N–H and O–H groups in total. The van der Waals surface area contributed by atoms with Crippen LogP contribution in [0.3, 0.4) is 0 Å². The van der Waals surface area contributed by atoms with Crippen molar-refractivity contribution in [2.75, 3.05) is 13.2 Å². The molecule has 0 aromatic heterocycles. The molecule has 0 aromatic rings. The summed E-state index contributed by atoms with van der Waals surface area (Å²) in [7, 11) is 0. The van der Waals surface area contributed by atoms with Crippen LogP contribution in [0.2, 0.25) is 0 Å². The summed E-state index contributed by atoms with van der Waals surface area (Å²) in [6.45, 7) is -1.01. The molecule has 0 aliphatic rings. The maximum Gasteiger partial charge on any atom is 0.183 e. The van der Waals surface area contributed by atoms with E-state index in [1.807, 2.05) is 0 Å². The van der Waals surface area contributed by atoms with Crippen molar-refractivity contribution in [3.63, 3.8) is 0 Å². The highest BCUT2D eigenvalue weighted by atomic mass is 16.3. The molecule has 4 heteroatoms. The van der Waals surface area contributed by atoms with Crippen molar-refractivity contribution < 1.29 is 9.90 Å². The Bertz CT molecular complexity index is 80.2. The van der Waals surface area contributed by atoms with Crippen molar-refractivity contribution in [2.24, 2.45) is 5.18 Å². The predicted molar refractivity (Wildman–Crippen MR) is 22.8 cm³/mol. The molecule has 0 aliphatic carbocycles. The maximum absolute atomic E-state index is 9.87. The summed E-state index contributed by atoms with van der Waals surface area (Å²) in [6, 6.07) is 0. The van der Waals surface area contributed by atoms with Crippen LogP contribution in [0.25, 0.3) is 0 Å². The second-order valence-corrected chi connectivity index (χ2v) is 0.984. The Balaban J connectivity index is 3.17. The third kappa shape index (κ3) is 3.05. The van der Waals surface area contributed by atoms with Gasteiger partial charge in [0.1, 0.15) is 13.2 Å². The van der Waals surface area contributed by atoms with E-state index in [9.17, 15) is 9.70 Å². The lowest BCUT2D eigenvalue weighted by Crippen LogP contribution is -2.06. The molecule has 4 nitrogen and oxygen atoms in total. The molecule has 0 unspecified atom stereocenters. The molecule has 0 bridgehead atoms. The van der Waals surface area contributed by atoms with E-state index in [4.69, 9.17) is 5.11 Å². The van der Waals surface area contributed by atoms with Gasteiger partial charge in [-0.2, -0.15) is 4.91 Å². The lowest BCUT2D eigenvalue weighted by Gasteiger charge is -1.80. The van der Waals surface area contributed by atoms with E-state index < -0.39 is 18.9 Å². The van der Waals surface area contributed by atoms with Gasteiger partial charge in [-0.05, 0) is 0 Å². The highest BCUT2D eigenvalue weighted by molar-refractivity contribution is 5.81. The molecule has 0 aliphatic heterocycles. The Morgan fingerprint density at radius 2 is 2.29 bits per heavy atom. The first-order chi connectivity index (χ1) is 3.31. The Labute approximate surface area is 40.1 Å². The van der Waals surface area contributed by atoms with E-state index in [1.165, 1.54) is 0 Å². The van der Waals surface area contributed by atoms with Crippen LogP contribution in [0, 0.1) is 4.91 Å². The fraction of sp³-hybridized carbons (Fsp3) is 0.667. The average molecular weight is 103 g/mol. The van der Waals surface area contributed by atoms with Gasteiger partial charge in [0, 0.05) is 0 Å². The van der Waals surface area contributed by atoms with Crippen LogP contribution in [0.1, 0.15) is 0 Å². The van der Waals surface area contributed by atoms with Crippen LogP contribution in [0.4, 0.5) is 0 Å². The highest BCUT2D eigenvalue weighted by Crippen LogP contribution is 1.68. The SMILES string of the molecule is O=NCC(=O)CO. The van der Waals surface area contributed by atoms with E-state index >= 15 is 0 Å². The molecule has 0 spiro atoms. The van der Waals surface area contributed by atoms with Gasteiger partial charge in [0.25, 0.3) is 0 Å². The predicted octanol–water partition coefficient (Wildman–Crippen LogP) is -0.686. The monoisotopic (exact) mass is 103 g/mol. The molecule has 0 atom stereocenters. The van der Waals surface area contributed by atoms with Crippen molar-refractivity contribution in [1.29, 1.82) is 0 Å². The molecule has 40 valence electrons. The fourth-order valence-electron chi connectivity index (χ4n) is 0.122. The smallest absolute Gasteiger partial charge is 0.183 e. The molecule has 0 rings (SSSR count). The number of Topliss-reactive ketones (excluding diaryl/α,β-unsaturated/α-hetero) is 1. The van der Waals surface area contributed by atoms with Gasteiger partial charge in [-0.3, -0.25) is 4.79 Å². The molecule has 0 fully saturated rings. The maximum atomic E-state index is 9.87. The van der Waals surface area contributed by atoms with Crippen molar-refractivity contribution >= 4 is 5.78 Å². The lowest BCUT2D eigenvalue weighted by molar-refractivity contribution is -0.120. The van der Waals surface area contributed by atoms with E-state index in [0.29, 0.717) is 0 Å². The number of aliphatic hydroxyl groups is 1. The number of hydrogen-bond donors (Lipinski definition) is 1. The summed E-state index contributed by atoms with van der Waals surface area (Å²) in [5.41, 5.74) is 0. The van der Waals surface area contributed by atoms with Gasteiger partial charge in [0.05, 0.1) is 0 Å². The zero-order chi connectivity index (χ0) is 5.70. The second-order valence-electron chi connectivity index (χ2n) is 0.984. The Hall–Kier alpha value is -0.770. The summed E-state index contributed by atoms with van der Waals surface area (Å²) in [6.07, 6.45) is 0. The van der Waals surface area contributed by atoms with E-state index in [2.05, 4.69) is 5.18 Å². The van der Waals surface area contributed by atoms with E-state index in [1.54, 1.807) is 0 Å². The summed E-state index contributed by atoms with van der Waals surface area (Å²) < 4.78 is 0. The minimum Gasteiger partial charge on any atom is -0.389 e. The largest absolute Gasteiger partial charge is 0.389 e. The molecular formula is C3H5NO3. The summed E-state index contributed by atoms with van der Waals surface area (Å²) in [4.78, 5) is 19.1. The van der Waals surface area contributed by atoms with Gasteiger partial charge < -0.3 is 5.11 Å². The Kier molecular flexibility index (Phi) is 3.04. The summed E-state index contributed by atoms with van der Waals surface area (Å²) in [5.74, 6) is -0.546. The minimum absolute atomic E-state index is 0.420. The first kappa shape index (κ1) is 6.23. The molecule has 7 heavy (non-hydrogen) atoms. The number of carbonyl (C=O) groups is 1. The number of nitrogens with zero attached hydrogens (tertiary/aromatic N) is 1. The number of carbonyl (C=O) groups excluding carboxylic acids is 1. The lowest BCUT2D eigenvalue weighted by atomic mass is 10.4. The number of rotatable bonds is 3. The first-order valence-corrected chi connectivity index (χ1v) is 1.73. The van der Waals surface area contributed by atoms with Crippen LogP contribution in [0.5, 0.6) is 0 Å². The number of aliphatic hydroxyl groups excluding tert-OH is 1. The zero-order valence-corrected chi connectivity index (χ0v) is 3.63. The van der Waals surface area contributed by atoms with Gasteiger partial charge in [0.15, 0.2) is 5.78 Å². The quantitative estimate of drug-likeness (QED) is 0.481. The van der Waals surface area contributed by atoms with Crippen molar-refractivity contribution in [2.45, 2.75) is 0 Å².